The van der Waals surface area contributed by atoms with Gasteiger partial charge in [-0.3, -0.25) is 0 Å². The van der Waals surface area contributed by atoms with Gasteiger partial charge in [-0.05, 0) is 11.1 Å². The molecule has 0 amide bonds. The maximum atomic E-state index is 4.92. The molecule has 78 valence electrons. The van der Waals surface area contributed by atoms with Gasteiger partial charge >= 0.3 is 0 Å². The number of allylic oxidation sites excluding steroid dienone is 9. The minimum atomic E-state index is 0.795. The maximum Gasteiger partial charge on any atom is 0.0428 e. The van der Waals surface area contributed by atoms with Crippen LogP contribution in [0.2, 0.25) is 0 Å². The Morgan fingerprint density at radius 2 is 1.38 bits per heavy atom. The summed E-state index contributed by atoms with van der Waals surface area (Å²) < 4.78 is 0. The van der Waals surface area contributed by atoms with Crippen LogP contribution in [0.25, 0.3) is 0 Å². The van der Waals surface area contributed by atoms with Crippen molar-refractivity contribution in [3.8, 4) is 11.8 Å². The average molecular weight is 224 g/mol. The van der Waals surface area contributed by atoms with E-state index in [4.69, 9.17) is 12.2 Å². The van der Waals surface area contributed by atoms with Gasteiger partial charge in [-0.2, -0.15) is 0 Å². The highest BCUT2D eigenvalue weighted by molar-refractivity contribution is 7.79. The molecule has 1 heteroatoms. The van der Waals surface area contributed by atoms with Gasteiger partial charge in [0, 0.05) is 16.5 Å². The molecular weight excluding hydrogens is 212 g/mol. The summed E-state index contributed by atoms with van der Waals surface area (Å²) >= 11 is 4.92. The summed E-state index contributed by atoms with van der Waals surface area (Å²) in [6.45, 7) is 11.2. The van der Waals surface area contributed by atoms with E-state index in [1.54, 1.807) is 23.6 Å². The number of hydrogen-bond donors (Lipinski definition) is 0. The first-order valence-corrected chi connectivity index (χ1v) is 5.25. The fourth-order valence-corrected chi connectivity index (χ4v) is 1.46. The van der Waals surface area contributed by atoms with Crippen molar-refractivity contribution >= 4 is 17.6 Å². The molecule has 1 aliphatic rings. The van der Waals surface area contributed by atoms with Gasteiger partial charge in [0.1, 0.15) is 0 Å². The summed E-state index contributed by atoms with van der Waals surface area (Å²) in [5.74, 6) is 6.03. The highest BCUT2D eigenvalue weighted by Gasteiger charge is 2.00. The zero-order valence-corrected chi connectivity index (χ0v) is 9.81. The van der Waals surface area contributed by atoms with Gasteiger partial charge < -0.3 is 0 Å². The van der Waals surface area contributed by atoms with Gasteiger partial charge in [0.15, 0.2) is 0 Å². The molecule has 0 nitrogen and oxygen atoms in total. The number of thiocarbonyl (C=S) groups is 1. The first-order valence-electron chi connectivity index (χ1n) is 4.78. The van der Waals surface area contributed by atoms with E-state index in [0.717, 1.165) is 22.3 Å². The summed E-state index contributed by atoms with van der Waals surface area (Å²) in [7, 11) is 0. The standard InChI is InChI=1S/C15H12S/c1-4-12-7-8-14(6-3)15(11-16)10-9-13(12)5-2/h4-8,11H,1-3H2/b8-7-,12-7?,13-12-,14-8?,15-14?. The molecular formula is C15H12S. The Morgan fingerprint density at radius 3 is 1.81 bits per heavy atom. The molecule has 0 aromatic carbocycles. The predicted octanol–water partition coefficient (Wildman–Crippen LogP) is 3.71. The Morgan fingerprint density at radius 1 is 0.875 bits per heavy atom. The van der Waals surface area contributed by atoms with Gasteiger partial charge in [-0.25, -0.2) is 0 Å². The summed E-state index contributed by atoms with van der Waals surface area (Å²) in [6.07, 6.45) is 9.08. The van der Waals surface area contributed by atoms with Crippen molar-refractivity contribution in [2.75, 3.05) is 0 Å². The second-order valence-corrected chi connectivity index (χ2v) is 3.29. The summed E-state index contributed by atoms with van der Waals surface area (Å²) in [5, 5.41) is 1.56. The van der Waals surface area contributed by atoms with Gasteiger partial charge in [-0.15, -0.1) is 0 Å². The molecule has 0 aliphatic heterocycles. The van der Waals surface area contributed by atoms with Crippen molar-refractivity contribution < 1.29 is 0 Å². The summed E-state index contributed by atoms with van der Waals surface area (Å²) in [4.78, 5) is 0. The molecule has 16 heavy (non-hydrogen) atoms. The summed E-state index contributed by atoms with van der Waals surface area (Å²) in [5.41, 5.74) is 3.52. The molecule has 0 bridgehead atoms. The Bertz CT molecular complexity index is 455. The molecule has 0 aromatic rings. The molecule has 0 spiro atoms. The van der Waals surface area contributed by atoms with Crippen LogP contribution in [0.4, 0.5) is 0 Å². The van der Waals surface area contributed by atoms with E-state index in [9.17, 15) is 0 Å². The second kappa shape index (κ2) is 5.85. The molecule has 1 aliphatic carbocycles. The van der Waals surface area contributed by atoms with Crippen LogP contribution in [0.3, 0.4) is 0 Å². The van der Waals surface area contributed by atoms with E-state index in [0.29, 0.717) is 0 Å². The second-order valence-electron chi connectivity index (χ2n) is 3.05. The van der Waals surface area contributed by atoms with E-state index >= 15 is 0 Å². The molecule has 1 rings (SSSR count). The normalized spacial score (nSPS) is 21.0. The quantitative estimate of drug-likeness (QED) is 0.518. The minimum Gasteiger partial charge on any atom is -0.0984 e. The van der Waals surface area contributed by atoms with Crippen molar-refractivity contribution in [3.63, 3.8) is 0 Å². The lowest BCUT2D eigenvalue weighted by Gasteiger charge is -2.03. The number of hydrogen-bond acceptors (Lipinski definition) is 1. The first-order chi connectivity index (χ1) is 7.76. The molecule has 0 radical (unpaired) electrons. The van der Waals surface area contributed by atoms with E-state index in [1.807, 2.05) is 12.2 Å². The van der Waals surface area contributed by atoms with E-state index < -0.39 is 0 Å². The van der Waals surface area contributed by atoms with Gasteiger partial charge in [0.2, 0.25) is 0 Å². The molecule has 0 fully saturated rings. The highest BCUT2D eigenvalue weighted by Crippen LogP contribution is 2.15. The van der Waals surface area contributed by atoms with Gasteiger partial charge in [0.05, 0.1) is 0 Å². The molecule has 0 heterocycles. The van der Waals surface area contributed by atoms with Crippen LogP contribution in [-0.2, 0) is 0 Å². The zero-order chi connectivity index (χ0) is 12.0. The Kier molecular flexibility index (Phi) is 4.44. The van der Waals surface area contributed by atoms with Crippen molar-refractivity contribution in [1.29, 1.82) is 0 Å². The van der Waals surface area contributed by atoms with Crippen molar-refractivity contribution in [2.24, 2.45) is 0 Å². The average Bonchev–Trinajstić information content (AvgIpc) is 2.30. The molecule has 0 saturated carbocycles. The lowest BCUT2D eigenvalue weighted by atomic mass is 10.0. The van der Waals surface area contributed by atoms with E-state index in [-0.39, 0.29) is 0 Å². The van der Waals surface area contributed by atoms with E-state index in [2.05, 4.69) is 31.6 Å². The minimum absolute atomic E-state index is 0.795. The van der Waals surface area contributed by atoms with Crippen LogP contribution in [-0.4, -0.2) is 5.37 Å². The largest absolute Gasteiger partial charge is 0.0984 e. The smallest absolute Gasteiger partial charge is 0.0428 e. The van der Waals surface area contributed by atoms with Gasteiger partial charge in [-0.1, -0.05) is 74.2 Å². The van der Waals surface area contributed by atoms with Gasteiger partial charge in [0.25, 0.3) is 0 Å². The first kappa shape index (κ1) is 12.2. The fourth-order valence-electron chi connectivity index (χ4n) is 1.26. The predicted molar refractivity (Wildman–Crippen MR) is 75.2 cm³/mol. The topological polar surface area (TPSA) is 0 Å². The highest BCUT2D eigenvalue weighted by atomic mass is 32.1. The van der Waals surface area contributed by atoms with Crippen LogP contribution in [0.5, 0.6) is 0 Å². The van der Waals surface area contributed by atoms with Crippen molar-refractivity contribution in [2.45, 2.75) is 0 Å². The molecule has 0 unspecified atom stereocenters. The maximum absolute atomic E-state index is 4.92. The third-order valence-corrected chi connectivity index (χ3v) is 2.39. The third kappa shape index (κ3) is 2.56. The molecule has 0 atom stereocenters. The van der Waals surface area contributed by atoms with Crippen LogP contribution in [0.15, 0.2) is 72.4 Å². The monoisotopic (exact) mass is 224 g/mol. The summed E-state index contributed by atoms with van der Waals surface area (Å²) in [6, 6.07) is 0. The number of rotatable bonds is 4. The van der Waals surface area contributed by atoms with Crippen molar-refractivity contribution in [3.05, 3.63) is 72.4 Å². The Balaban J connectivity index is 3.42. The zero-order valence-electron chi connectivity index (χ0n) is 8.99. The lowest BCUT2D eigenvalue weighted by Crippen LogP contribution is -1.90. The van der Waals surface area contributed by atoms with Crippen LogP contribution >= 0.6 is 12.2 Å². The van der Waals surface area contributed by atoms with Crippen LogP contribution in [0.1, 0.15) is 0 Å². The molecule has 0 N–H and O–H groups in total. The SMILES string of the molecule is C=CC1=C(C=S)C#C/C(C=C)=C(C=C)\C=C/1. The Labute approximate surface area is 102 Å². The van der Waals surface area contributed by atoms with Crippen molar-refractivity contribution in [1.82, 2.24) is 0 Å². The van der Waals surface area contributed by atoms with Crippen LogP contribution < -0.4 is 0 Å². The lowest BCUT2D eigenvalue weighted by molar-refractivity contribution is 1.56. The molecule has 0 saturated heterocycles. The third-order valence-electron chi connectivity index (χ3n) is 2.16. The van der Waals surface area contributed by atoms with Crippen LogP contribution in [0, 0.1) is 11.8 Å². The fraction of sp³-hybridized carbons (Fsp3) is 0. The van der Waals surface area contributed by atoms with E-state index in [1.165, 1.54) is 0 Å². The Hall–Kier alpha value is -1.91. The molecule has 0 aromatic heterocycles.